The fourth-order valence-corrected chi connectivity index (χ4v) is 3.13. The Kier molecular flexibility index (Phi) is 4.78. The van der Waals surface area contributed by atoms with E-state index >= 15 is 0 Å². The van der Waals surface area contributed by atoms with Crippen molar-refractivity contribution >= 4 is 11.8 Å². The summed E-state index contributed by atoms with van der Waals surface area (Å²) in [6.07, 6.45) is 5.17. The fraction of sp³-hybridized carbons (Fsp3) is 0.471. The number of nitrogens with zero attached hydrogens (tertiary/aromatic N) is 5. The Morgan fingerprint density at radius 1 is 1.40 bits per heavy atom. The standard InChI is InChI=1S/C17H22N6O2/c1-11-14(10-22(3)21-11)17(25)23-8-4-5-15(23)16-18-7-6-13(20-16)9-19-12(2)24/h6-7,10,15H,4-5,8-9H2,1-3H3,(H,19,24). The van der Waals surface area contributed by atoms with Gasteiger partial charge in [0, 0.05) is 32.9 Å². The number of rotatable bonds is 4. The molecule has 2 amide bonds. The van der Waals surface area contributed by atoms with Crippen LogP contribution in [0.2, 0.25) is 0 Å². The molecule has 1 fully saturated rings. The van der Waals surface area contributed by atoms with E-state index in [1.165, 1.54) is 6.92 Å². The minimum Gasteiger partial charge on any atom is -0.351 e. The molecule has 0 aliphatic carbocycles. The molecule has 1 saturated heterocycles. The Morgan fingerprint density at radius 2 is 2.20 bits per heavy atom. The number of amides is 2. The molecule has 3 rings (SSSR count). The number of likely N-dealkylation sites (tertiary alicyclic amines) is 1. The normalized spacial score (nSPS) is 16.9. The summed E-state index contributed by atoms with van der Waals surface area (Å²) in [5, 5.41) is 6.98. The van der Waals surface area contributed by atoms with Crippen LogP contribution in [0.3, 0.4) is 0 Å². The second-order valence-electron chi connectivity index (χ2n) is 6.27. The number of carbonyl (C=O) groups is 2. The Morgan fingerprint density at radius 3 is 2.88 bits per heavy atom. The molecule has 1 unspecified atom stereocenters. The molecule has 0 bridgehead atoms. The quantitative estimate of drug-likeness (QED) is 0.899. The van der Waals surface area contributed by atoms with Crippen molar-refractivity contribution in [2.24, 2.45) is 7.05 Å². The van der Waals surface area contributed by atoms with Crippen LogP contribution < -0.4 is 5.32 Å². The van der Waals surface area contributed by atoms with E-state index in [0.717, 1.165) is 24.2 Å². The summed E-state index contributed by atoms with van der Waals surface area (Å²) in [6, 6.07) is 1.62. The summed E-state index contributed by atoms with van der Waals surface area (Å²) in [5.41, 5.74) is 2.07. The Labute approximate surface area is 146 Å². The molecular formula is C17H22N6O2. The van der Waals surface area contributed by atoms with Crippen LogP contribution in [0.4, 0.5) is 0 Å². The smallest absolute Gasteiger partial charge is 0.257 e. The van der Waals surface area contributed by atoms with Gasteiger partial charge in [-0.3, -0.25) is 14.3 Å². The SMILES string of the molecule is CC(=O)NCc1ccnc(C2CCCN2C(=O)c2cn(C)nc2C)n1. The second kappa shape index (κ2) is 7.00. The van der Waals surface area contributed by atoms with E-state index in [9.17, 15) is 9.59 Å². The van der Waals surface area contributed by atoms with Gasteiger partial charge in [-0.05, 0) is 25.8 Å². The van der Waals surface area contributed by atoms with Crippen LogP contribution in [-0.4, -0.2) is 43.0 Å². The van der Waals surface area contributed by atoms with Gasteiger partial charge in [-0.25, -0.2) is 9.97 Å². The zero-order valence-electron chi connectivity index (χ0n) is 14.7. The average molecular weight is 342 g/mol. The minimum atomic E-state index is -0.149. The number of hydrogen-bond donors (Lipinski definition) is 1. The molecule has 3 heterocycles. The third-order valence-corrected chi connectivity index (χ3v) is 4.31. The molecule has 1 aliphatic rings. The monoisotopic (exact) mass is 342 g/mol. The second-order valence-corrected chi connectivity index (χ2v) is 6.27. The van der Waals surface area contributed by atoms with E-state index < -0.39 is 0 Å². The van der Waals surface area contributed by atoms with E-state index in [0.29, 0.717) is 24.5 Å². The lowest BCUT2D eigenvalue weighted by Crippen LogP contribution is -2.32. The highest BCUT2D eigenvalue weighted by Crippen LogP contribution is 2.31. The molecular weight excluding hydrogens is 320 g/mol. The molecule has 0 saturated carbocycles. The van der Waals surface area contributed by atoms with Gasteiger partial charge in [-0.2, -0.15) is 5.10 Å². The van der Waals surface area contributed by atoms with Crippen molar-refractivity contribution in [1.29, 1.82) is 0 Å². The minimum absolute atomic E-state index is 0.0380. The highest BCUT2D eigenvalue weighted by Gasteiger charge is 2.33. The maximum absolute atomic E-state index is 12.9. The lowest BCUT2D eigenvalue weighted by Gasteiger charge is -2.23. The first kappa shape index (κ1) is 17.1. The van der Waals surface area contributed by atoms with Gasteiger partial charge in [0.2, 0.25) is 5.91 Å². The van der Waals surface area contributed by atoms with E-state index in [1.54, 1.807) is 30.2 Å². The predicted molar refractivity (Wildman–Crippen MR) is 90.5 cm³/mol. The van der Waals surface area contributed by atoms with Crippen LogP contribution in [0.15, 0.2) is 18.5 Å². The number of nitrogens with one attached hydrogen (secondary N) is 1. The van der Waals surface area contributed by atoms with Gasteiger partial charge in [0.25, 0.3) is 5.91 Å². The molecule has 2 aromatic rings. The zero-order chi connectivity index (χ0) is 18.0. The van der Waals surface area contributed by atoms with Crippen LogP contribution >= 0.6 is 0 Å². The van der Waals surface area contributed by atoms with Crippen molar-refractivity contribution in [2.75, 3.05) is 6.54 Å². The van der Waals surface area contributed by atoms with Crippen LogP contribution in [0.25, 0.3) is 0 Å². The maximum Gasteiger partial charge on any atom is 0.257 e. The molecule has 8 nitrogen and oxygen atoms in total. The molecule has 1 aliphatic heterocycles. The Hall–Kier alpha value is -2.77. The Bertz CT molecular complexity index is 800. The summed E-state index contributed by atoms with van der Waals surface area (Å²) in [5.74, 6) is 0.476. The van der Waals surface area contributed by atoms with Crippen molar-refractivity contribution in [3.63, 3.8) is 0 Å². The van der Waals surface area contributed by atoms with Crippen LogP contribution in [-0.2, 0) is 18.4 Å². The van der Waals surface area contributed by atoms with Gasteiger partial charge in [-0.15, -0.1) is 0 Å². The zero-order valence-corrected chi connectivity index (χ0v) is 14.7. The van der Waals surface area contributed by atoms with Crippen molar-refractivity contribution in [3.05, 3.63) is 41.2 Å². The van der Waals surface area contributed by atoms with Gasteiger partial charge in [-0.1, -0.05) is 0 Å². The van der Waals surface area contributed by atoms with Gasteiger partial charge in [0.1, 0.15) is 0 Å². The molecule has 0 radical (unpaired) electrons. The molecule has 2 aromatic heterocycles. The maximum atomic E-state index is 12.9. The van der Waals surface area contributed by atoms with Crippen LogP contribution in [0.1, 0.15) is 53.4 Å². The average Bonchev–Trinajstić information content (AvgIpc) is 3.19. The van der Waals surface area contributed by atoms with E-state index in [-0.39, 0.29) is 17.9 Å². The van der Waals surface area contributed by atoms with Gasteiger partial charge < -0.3 is 10.2 Å². The molecule has 132 valence electrons. The summed E-state index contributed by atoms with van der Waals surface area (Å²) in [6.45, 7) is 4.34. The Balaban J connectivity index is 1.82. The van der Waals surface area contributed by atoms with Crippen molar-refractivity contribution in [1.82, 2.24) is 30.0 Å². The highest BCUT2D eigenvalue weighted by atomic mass is 16.2. The van der Waals surface area contributed by atoms with Crippen LogP contribution in [0, 0.1) is 6.92 Å². The molecule has 0 aromatic carbocycles. The number of aryl methyl sites for hydroxylation is 2. The predicted octanol–water partition coefficient (Wildman–Crippen LogP) is 1.13. The molecule has 0 spiro atoms. The first-order chi connectivity index (χ1) is 12.0. The number of carbonyl (C=O) groups excluding carboxylic acids is 2. The van der Waals surface area contributed by atoms with E-state index in [4.69, 9.17) is 0 Å². The summed E-state index contributed by atoms with van der Waals surface area (Å²) < 4.78 is 1.65. The molecule has 1 N–H and O–H groups in total. The van der Waals surface area contributed by atoms with Gasteiger partial charge in [0.05, 0.1) is 29.5 Å². The van der Waals surface area contributed by atoms with Crippen molar-refractivity contribution < 1.29 is 9.59 Å². The van der Waals surface area contributed by atoms with Crippen molar-refractivity contribution in [3.8, 4) is 0 Å². The van der Waals surface area contributed by atoms with Crippen molar-refractivity contribution in [2.45, 2.75) is 39.3 Å². The third kappa shape index (κ3) is 3.67. The fourth-order valence-electron chi connectivity index (χ4n) is 3.13. The third-order valence-electron chi connectivity index (χ3n) is 4.31. The summed E-state index contributed by atoms with van der Waals surface area (Å²) in [7, 11) is 1.81. The van der Waals surface area contributed by atoms with Gasteiger partial charge >= 0.3 is 0 Å². The molecule has 8 heteroatoms. The summed E-state index contributed by atoms with van der Waals surface area (Å²) >= 11 is 0. The first-order valence-electron chi connectivity index (χ1n) is 8.33. The number of aromatic nitrogens is 4. The highest BCUT2D eigenvalue weighted by molar-refractivity contribution is 5.95. The largest absolute Gasteiger partial charge is 0.351 e. The lowest BCUT2D eigenvalue weighted by atomic mass is 10.1. The van der Waals surface area contributed by atoms with E-state index in [1.807, 2.05) is 11.8 Å². The van der Waals surface area contributed by atoms with E-state index in [2.05, 4.69) is 20.4 Å². The topological polar surface area (TPSA) is 93.0 Å². The summed E-state index contributed by atoms with van der Waals surface area (Å²) in [4.78, 5) is 34.7. The lowest BCUT2D eigenvalue weighted by molar-refractivity contribution is -0.119. The first-order valence-corrected chi connectivity index (χ1v) is 8.33. The molecule has 1 atom stereocenters. The van der Waals surface area contributed by atoms with Gasteiger partial charge in [0.15, 0.2) is 5.82 Å². The molecule has 25 heavy (non-hydrogen) atoms. The number of hydrogen-bond acceptors (Lipinski definition) is 5. The van der Waals surface area contributed by atoms with Crippen LogP contribution in [0.5, 0.6) is 0 Å².